The van der Waals surface area contributed by atoms with Crippen molar-refractivity contribution in [3.8, 4) is 0 Å². The van der Waals surface area contributed by atoms with Crippen molar-refractivity contribution < 1.29 is 45.3 Å². The predicted octanol–water partition coefficient (Wildman–Crippen LogP) is -3.48. The molecule has 42 valence electrons. The second kappa shape index (κ2) is 3.87. The topological polar surface area (TPSA) is 38.7 Å². The van der Waals surface area contributed by atoms with Crippen molar-refractivity contribution in [1.29, 1.82) is 0 Å². The van der Waals surface area contributed by atoms with Crippen LogP contribution in [0.3, 0.4) is 0 Å². The Kier molecular flexibility index (Phi) is 4.33. The normalized spacial score (nSPS) is 27.8. The first-order valence-electron chi connectivity index (χ1n) is 2.24. The van der Waals surface area contributed by atoms with Gasteiger partial charge in [-0.3, -0.25) is 0 Å². The molecule has 5 heteroatoms. The minimum Gasteiger partial charge on any atom is -1.00 e. The molecule has 1 aliphatic heterocycles. The zero-order valence-electron chi connectivity index (χ0n) is 6.13. The fourth-order valence-corrected chi connectivity index (χ4v) is 0.495. The monoisotopic (exact) mass is 126 g/mol. The van der Waals surface area contributed by atoms with Crippen LogP contribution in [0.15, 0.2) is 0 Å². The molecule has 1 rings (SSSR count). The van der Waals surface area contributed by atoms with Crippen molar-refractivity contribution >= 4 is 7.32 Å². The van der Waals surface area contributed by atoms with Crippen molar-refractivity contribution in [1.82, 2.24) is 0 Å². The van der Waals surface area contributed by atoms with Crippen LogP contribution < -0.4 is 29.6 Å². The van der Waals surface area contributed by atoms with Crippen LogP contribution in [0.4, 0.5) is 0 Å². The molecule has 0 saturated carbocycles. The summed E-state index contributed by atoms with van der Waals surface area (Å²) in [4.78, 5) is 0. The zero-order chi connectivity index (χ0) is 5.28. The van der Waals surface area contributed by atoms with E-state index in [0.717, 1.165) is 0 Å². The summed E-state index contributed by atoms with van der Waals surface area (Å²) in [6, 6.07) is 0. The molecule has 0 aliphatic carbocycles. The van der Waals surface area contributed by atoms with Crippen LogP contribution in [0.5, 0.6) is 0 Å². The van der Waals surface area contributed by atoms with Gasteiger partial charge in [0.1, 0.15) is 0 Å². The van der Waals surface area contributed by atoms with E-state index in [1.165, 1.54) is 0 Å². The summed E-state index contributed by atoms with van der Waals surface area (Å²) in [5.74, 6) is 0. The fraction of sp³-hybridized carbons (Fsp3) is 1.00. The summed E-state index contributed by atoms with van der Waals surface area (Å²) in [5.41, 5.74) is 0. The Morgan fingerprint density at radius 2 is 2.50 bits per heavy atom. The van der Waals surface area contributed by atoms with Crippen molar-refractivity contribution in [2.24, 2.45) is 0 Å². The van der Waals surface area contributed by atoms with Crippen LogP contribution in [0.2, 0.25) is 0 Å². The molecule has 0 bridgehead atoms. The van der Waals surface area contributed by atoms with E-state index in [9.17, 15) is 0 Å². The van der Waals surface area contributed by atoms with Gasteiger partial charge in [0.05, 0.1) is 12.7 Å². The minimum atomic E-state index is -0.977. The van der Waals surface area contributed by atoms with Gasteiger partial charge in [0, 0.05) is 0 Å². The summed E-state index contributed by atoms with van der Waals surface area (Å²) in [6.45, 7) is 2.34. The summed E-state index contributed by atoms with van der Waals surface area (Å²) >= 11 is 0. The molecule has 0 spiro atoms. The Hall–Kier alpha value is 0.945. The van der Waals surface area contributed by atoms with E-state index in [-0.39, 0.29) is 37.1 Å². The number of hydrogen-bond acceptors (Lipinski definition) is 3. The van der Waals surface area contributed by atoms with Gasteiger partial charge in [-0.25, -0.2) is 0 Å². The third-order valence-electron chi connectivity index (χ3n) is 0.822. The maximum atomic E-state index is 8.46. The first kappa shape index (κ1) is 8.94. The third kappa shape index (κ3) is 2.48. The maximum Gasteiger partial charge on any atom is 1.00 e. The molecular formula is C3H8BNaO3. The minimum absolute atomic E-state index is 0. The molecule has 1 heterocycles. The van der Waals surface area contributed by atoms with Crippen LogP contribution in [-0.2, 0) is 9.31 Å². The predicted molar refractivity (Wildman–Crippen MR) is 25.6 cm³/mol. The van der Waals surface area contributed by atoms with Crippen molar-refractivity contribution in [3.05, 3.63) is 0 Å². The number of rotatable bonds is 0. The van der Waals surface area contributed by atoms with E-state index in [0.29, 0.717) is 6.61 Å². The smallest absolute Gasteiger partial charge is 1.00 e. The molecule has 3 nitrogen and oxygen atoms in total. The molecule has 0 aromatic rings. The Labute approximate surface area is 72.3 Å². The van der Waals surface area contributed by atoms with Gasteiger partial charge in [0.15, 0.2) is 0 Å². The maximum absolute atomic E-state index is 8.46. The van der Waals surface area contributed by atoms with E-state index in [1.807, 2.05) is 6.92 Å². The standard InChI is InChI=1S/C3H7BO3.Na.H/c1-3-2-6-4(5)7-3;;/h3,5H,2H2,1H3;;/q;+1;-1. The summed E-state index contributed by atoms with van der Waals surface area (Å²) < 4.78 is 9.29. The molecule has 1 atom stereocenters. The number of hydrogen-bond donors (Lipinski definition) is 1. The second-order valence-electron chi connectivity index (χ2n) is 1.59. The molecule has 1 saturated heterocycles. The first-order chi connectivity index (χ1) is 3.29. The third-order valence-corrected chi connectivity index (χ3v) is 0.822. The van der Waals surface area contributed by atoms with Crippen molar-refractivity contribution in [2.45, 2.75) is 13.0 Å². The van der Waals surface area contributed by atoms with E-state index >= 15 is 0 Å². The van der Waals surface area contributed by atoms with Gasteiger partial charge in [-0.15, -0.1) is 0 Å². The van der Waals surface area contributed by atoms with E-state index in [1.54, 1.807) is 0 Å². The SMILES string of the molecule is CC1COB(O)O1.[H-].[Na+]. The van der Waals surface area contributed by atoms with Crippen molar-refractivity contribution in [2.75, 3.05) is 6.61 Å². The van der Waals surface area contributed by atoms with Crippen LogP contribution in [0.1, 0.15) is 8.35 Å². The Bertz CT molecular complexity index is 68.1. The molecule has 0 aromatic heterocycles. The van der Waals surface area contributed by atoms with Crippen LogP contribution in [0.25, 0.3) is 0 Å². The van der Waals surface area contributed by atoms with Gasteiger partial charge in [-0.1, -0.05) is 0 Å². The molecule has 1 fully saturated rings. The summed E-state index contributed by atoms with van der Waals surface area (Å²) in [5, 5.41) is 8.46. The van der Waals surface area contributed by atoms with E-state index < -0.39 is 7.32 Å². The van der Waals surface area contributed by atoms with Gasteiger partial charge < -0.3 is 15.8 Å². The molecule has 1 aliphatic rings. The van der Waals surface area contributed by atoms with Crippen LogP contribution in [-0.4, -0.2) is 25.1 Å². The second-order valence-corrected chi connectivity index (χ2v) is 1.59. The molecule has 0 amide bonds. The van der Waals surface area contributed by atoms with Crippen LogP contribution in [0, 0.1) is 0 Å². The van der Waals surface area contributed by atoms with Gasteiger partial charge >= 0.3 is 36.9 Å². The van der Waals surface area contributed by atoms with Gasteiger partial charge in [-0.05, 0) is 6.92 Å². The fourth-order valence-electron chi connectivity index (χ4n) is 0.495. The largest absolute Gasteiger partial charge is 1.00 e. The van der Waals surface area contributed by atoms with Crippen LogP contribution >= 0.6 is 0 Å². The Morgan fingerprint density at radius 3 is 2.62 bits per heavy atom. The van der Waals surface area contributed by atoms with Crippen molar-refractivity contribution in [3.63, 3.8) is 0 Å². The summed E-state index contributed by atoms with van der Waals surface area (Å²) in [6.07, 6.45) is 0.0509. The molecule has 1 unspecified atom stereocenters. The van der Waals surface area contributed by atoms with E-state index in [2.05, 4.69) is 4.65 Å². The Balaban J connectivity index is 0. The average molecular weight is 126 g/mol. The molecule has 8 heavy (non-hydrogen) atoms. The average Bonchev–Trinajstić information content (AvgIpc) is 1.87. The zero-order valence-corrected chi connectivity index (χ0v) is 7.13. The van der Waals surface area contributed by atoms with E-state index in [4.69, 9.17) is 9.68 Å². The molecule has 0 aromatic carbocycles. The summed E-state index contributed by atoms with van der Waals surface area (Å²) in [7, 11) is -0.977. The first-order valence-corrected chi connectivity index (χ1v) is 2.24. The Morgan fingerprint density at radius 1 is 1.88 bits per heavy atom. The van der Waals surface area contributed by atoms with Gasteiger partial charge in [0.2, 0.25) is 0 Å². The van der Waals surface area contributed by atoms with Gasteiger partial charge in [0.25, 0.3) is 0 Å². The molecule has 0 radical (unpaired) electrons. The molecular weight excluding hydrogens is 118 g/mol. The van der Waals surface area contributed by atoms with Gasteiger partial charge in [-0.2, -0.15) is 0 Å². The quantitative estimate of drug-likeness (QED) is 0.342. The molecule has 1 N–H and O–H groups in total.